The molecule has 144 valence electrons. The minimum absolute atomic E-state index is 0.0210. The van der Waals surface area contributed by atoms with Gasteiger partial charge >= 0.3 is 0 Å². The standard InChI is InChI=1S/C23H17ClN2O3/c1-14(27)25-23-21(17-9-5-6-10-19(17)24)26-22(29-23)18-12-11-16(13-20(18)28)15-7-3-2-4-8-15/h2-13,28H,1H3,(H,25,27). The Labute approximate surface area is 172 Å². The summed E-state index contributed by atoms with van der Waals surface area (Å²) in [5.74, 6) is 0.0743. The highest BCUT2D eigenvalue weighted by molar-refractivity contribution is 6.33. The van der Waals surface area contributed by atoms with E-state index in [9.17, 15) is 9.90 Å². The van der Waals surface area contributed by atoms with Crippen molar-refractivity contribution in [2.75, 3.05) is 5.32 Å². The van der Waals surface area contributed by atoms with Crippen LogP contribution in [-0.2, 0) is 4.79 Å². The maximum Gasteiger partial charge on any atom is 0.233 e. The number of anilines is 1. The Balaban J connectivity index is 1.79. The van der Waals surface area contributed by atoms with Gasteiger partial charge in [-0.15, -0.1) is 0 Å². The summed E-state index contributed by atoms with van der Waals surface area (Å²) < 4.78 is 5.79. The van der Waals surface area contributed by atoms with E-state index in [1.54, 1.807) is 30.3 Å². The highest BCUT2D eigenvalue weighted by atomic mass is 35.5. The molecule has 0 spiro atoms. The van der Waals surface area contributed by atoms with Gasteiger partial charge < -0.3 is 9.52 Å². The van der Waals surface area contributed by atoms with Crippen LogP contribution in [0.2, 0.25) is 5.02 Å². The van der Waals surface area contributed by atoms with Crippen molar-refractivity contribution in [1.82, 2.24) is 4.98 Å². The van der Waals surface area contributed by atoms with Crippen molar-refractivity contribution < 1.29 is 14.3 Å². The average Bonchev–Trinajstić information content (AvgIpc) is 3.11. The number of hydrogen-bond acceptors (Lipinski definition) is 4. The number of halogens is 1. The molecule has 1 aromatic heterocycles. The Morgan fingerprint density at radius 3 is 2.38 bits per heavy atom. The molecule has 0 saturated heterocycles. The molecule has 0 unspecified atom stereocenters. The van der Waals surface area contributed by atoms with Crippen molar-refractivity contribution in [2.45, 2.75) is 6.92 Å². The van der Waals surface area contributed by atoms with Gasteiger partial charge in [0, 0.05) is 12.5 Å². The van der Waals surface area contributed by atoms with Gasteiger partial charge in [-0.3, -0.25) is 10.1 Å². The summed E-state index contributed by atoms with van der Waals surface area (Å²) in [7, 11) is 0. The number of phenols is 1. The van der Waals surface area contributed by atoms with Gasteiger partial charge in [0.1, 0.15) is 11.4 Å². The van der Waals surface area contributed by atoms with Gasteiger partial charge in [0.15, 0.2) is 0 Å². The third-order valence-electron chi connectivity index (χ3n) is 4.38. The van der Waals surface area contributed by atoms with Crippen LogP contribution in [0.15, 0.2) is 77.2 Å². The molecule has 0 radical (unpaired) electrons. The largest absolute Gasteiger partial charge is 0.507 e. The Morgan fingerprint density at radius 1 is 0.966 bits per heavy atom. The number of aromatic nitrogens is 1. The summed E-state index contributed by atoms with van der Waals surface area (Å²) in [6.45, 7) is 1.38. The Kier molecular flexibility index (Phi) is 5.06. The lowest BCUT2D eigenvalue weighted by atomic mass is 10.0. The van der Waals surface area contributed by atoms with Gasteiger partial charge in [-0.1, -0.05) is 66.2 Å². The molecule has 0 aliphatic carbocycles. The van der Waals surface area contributed by atoms with Gasteiger partial charge in [0.2, 0.25) is 17.7 Å². The number of nitrogens with zero attached hydrogens (tertiary/aromatic N) is 1. The lowest BCUT2D eigenvalue weighted by molar-refractivity contribution is -0.114. The van der Waals surface area contributed by atoms with Crippen molar-refractivity contribution in [3.63, 3.8) is 0 Å². The molecule has 6 heteroatoms. The first-order valence-electron chi connectivity index (χ1n) is 8.95. The van der Waals surface area contributed by atoms with Crippen molar-refractivity contribution in [1.29, 1.82) is 0 Å². The first-order chi connectivity index (χ1) is 14.0. The van der Waals surface area contributed by atoms with Crippen LogP contribution in [-0.4, -0.2) is 16.0 Å². The number of carbonyl (C=O) groups excluding carboxylic acids is 1. The fraction of sp³-hybridized carbons (Fsp3) is 0.0435. The molecule has 0 aliphatic heterocycles. The summed E-state index contributed by atoms with van der Waals surface area (Å²) in [6, 6.07) is 22.1. The van der Waals surface area contributed by atoms with Gasteiger partial charge in [-0.2, -0.15) is 0 Å². The number of benzene rings is 3. The number of oxazole rings is 1. The molecule has 2 N–H and O–H groups in total. The topological polar surface area (TPSA) is 75.4 Å². The smallest absolute Gasteiger partial charge is 0.233 e. The van der Waals surface area contributed by atoms with Gasteiger partial charge in [-0.25, -0.2) is 4.98 Å². The van der Waals surface area contributed by atoms with Crippen LogP contribution in [0.1, 0.15) is 6.92 Å². The zero-order valence-electron chi connectivity index (χ0n) is 15.5. The molecule has 4 rings (SSSR count). The highest BCUT2D eigenvalue weighted by Crippen LogP contribution is 2.39. The van der Waals surface area contributed by atoms with E-state index in [1.165, 1.54) is 6.92 Å². The molecular weight excluding hydrogens is 388 g/mol. The predicted molar refractivity (Wildman–Crippen MR) is 114 cm³/mol. The van der Waals surface area contributed by atoms with Gasteiger partial charge in [0.05, 0.1) is 10.6 Å². The van der Waals surface area contributed by atoms with Crippen molar-refractivity contribution >= 4 is 23.4 Å². The van der Waals surface area contributed by atoms with Gasteiger partial charge in [-0.05, 0) is 29.3 Å². The lowest BCUT2D eigenvalue weighted by Gasteiger charge is -2.05. The molecule has 0 atom stereocenters. The molecule has 0 fully saturated rings. The van der Waals surface area contributed by atoms with Gasteiger partial charge in [0.25, 0.3) is 0 Å². The highest BCUT2D eigenvalue weighted by Gasteiger charge is 2.21. The quantitative estimate of drug-likeness (QED) is 0.438. The second-order valence-electron chi connectivity index (χ2n) is 6.46. The van der Waals surface area contributed by atoms with E-state index >= 15 is 0 Å². The Morgan fingerprint density at radius 2 is 1.69 bits per heavy atom. The van der Waals surface area contributed by atoms with E-state index in [2.05, 4.69) is 10.3 Å². The van der Waals surface area contributed by atoms with E-state index < -0.39 is 0 Å². The van der Waals surface area contributed by atoms with Crippen LogP contribution in [0.4, 0.5) is 5.88 Å². The number of phenolic OH excluding ortho intramolecular Hbond substituents is 1. The molecular formula is C23H17ClN2O3. The fourth-order valence-electron chi connectivity index (χ4n) is 3.04. The van der Waals surface area contributed by atoms with Crippen LogP contribution in [0.25, 0.3) is 33.8 Å². The van der Waals surface area contributed by atoms with E-state index in [0.717, 1.165) is 11.1 Å². The monoisotopic (exact) mass is 404 g/mol. The first-order valence-corrected chi connectivity index (χ1v) is 9.33. The number of hydrogen-bond donors (Lipinski definition) is 2. The minimum atomic E-state index is -0.301. The van der Waals surface area contributed by atoms with Crippen LogP contribution in [0.5, 0.6) is 5.75 Å². The SMILES string of the molecule is CC(=O)Nc1oc(-c2ccc(-c3ccccc3)cc2O)nc1-c1ccccc1Cl. The Hall–Kier alpha value is -3.57. The molecule has 4 aromatic rings. The van der Waals surface area contributed by atoms with E-state index in [1.807, 2.05) is 42.5 Å². The second-order valence-corrected chi connectivity index (χ2v) is 6.86. The summed E-state index contributed by atoms with van der Waals surface area (Å²) >= 11 is 6.30. The molecule has 1 heterocycles. The van der Waals surface area contributed by atoms with Crippen LogP contribution in [0, 0.1) is 0 Å². The Bertz CT molecular complexity index is 1190. The summed E-state index contributed by atoms with van der Waals surface area (Å²) in [5, 5.41) is 13.7. The number of carbonyl (C=O) groups is 1. The molecule has 3 aromatic carbocycles. The molecule has 0 bridgehead atoms. The minimum Gasteiger partial charge on any atom is -0.507 e. The maximum atomic E-state index is 11.6. The lowest BCUT2D eigenvalue weighted by Crippen LogP contribution is -2.05. The number of amides is 1. The van der Waals surface area contributed by atoms with E-state index in [-0.39, 0.29) is 23.4 Å². The van der Waals surface area contributed by atoms with Crippen molar-refractivity contribution in [2.24, 2.45) is 0 Å². The molecule has 5 nitrogen and oxygen atoms in total. The van der Waals surface area contributed by atoms with Crippen LogP contribution in [0.3, 0.4) is 0 Å². The molecule has 1 amide bonds. The predicted octanol–water partition coefficient (Wildman–Crippen LogP) is 5.99. The summed E-state index contributed by atoms with van der Waals surface area (Å²) in [5.41, 5.74) is 3.28. The maximum absolute atomic E-state index is 11.6. The number of nitrogens with one attached hydrogen (secondary N) is 1. The zero-order valence-corrected chi connectivity index (χ0v) is 16.3. The van der Waals surface area contributed by atoms with E-state index in [4.69, 9.17) is 16.0 Å². The van der Waals surface area contributed by atoms with E-state index in [0.29, 0.717) is 21.8 Å². The van der Waals surface area contributed by atoms with Crippen LogP contribution >= 0.6 is 11.6 Å². The number of aromatic hydroxyl groups is 1. The van der Waals surface area contributed by atoms with Crippen LogP contribution < -0.4 is 5.32 Å². The van der Waals surface area contributed by atoms with Crippen molar-refractivity contribution in [3.8, 4) is 39.6 Å². The zero-order chi connectivity index (χ0) is 20.4. The third kappa shape index (κ3) is 3.86. The molecule has 0 aliphatic rings. The molecule has 0 saturated carbocycles. The first kappa shape index (κ1) is 18.8. The van der Waals surface area contributed by atoms with Crippen molar-refractivity contribution in [3.05, 3.63) is 77.8 Å². The third-order valence-corrected chi connectivity index (χ3v) is 4.71. The fourth-order valence-corrected chi connectivity index (χ4v) is 3.26. The molecule has 29 heavy (non-hydrogen) atoms. The second kappa shape index (κ2) is 7.81. The summed E-state index contributed by atoms with van der Waals surface area (Å²) in [6.07, 6.45) is 0. The average molecular weight is 405 g/mol. The number of rotatable bonds is 4. The summed E-state index contributed by atoms with van der Waals surface area (Å²) in [4.78, 5) is 16.1. The normalized spacial score (nSPS) is 10.7.